The van der Waals surface area contributed by atoms with Crippen LogP contribution in [0.25, 0.3) is 0 Å². The Morgan fingerprint density at radius 2 is 0.915 bits per heavy atom. The number of carbonyl (C=O) groups excluding carboxylic acids is 1. The lowest BCUT2D eigenvalue weighted by Gasteiger charge is -2.21. The molecule has 0 rings (SSSR count). The van der Waals surface area contributed by atoms with Crippen LogP contribution in [0.15, 0.2) is 24.3 Å². The molecule has 0 aromatic carbocycles. The molecule has 0 fully saturated rings. The highest BCUT2D eigenvalue weighted by molar-refractivity contribution is 5.76. The van der Waals surface area contributed by atoms with Gasteiger partial charge in [-0.3, -0.25) is 4.79 Å². The molecule has 0 radical (unpaired) electrons. The SMILES string of the molecule is CCCCCCCC/C=C/CC/C=C/C(O)C(CO)NC(=O)CC(O)CCCCCCCCCCCCCCCCCCCCCC. The van der Waals surface area contributed by atoms with Crippen LogP contribution in [0.3, 0.4) is 0 Å². The molecule has 5 nitrogen and oxygen atoms in total. The van der Waals surface area contributed by atoms with Crippen molar-refractivity contribution in [1.82, 2.24) is 5.32 Å². The van der Waals surface area contributed by atoms with Crippen molar-refractivity contribution in [2.75, 3.05) is 6.61 Å². The number of allylic oxidation sites excluding steroid dienone is 3. The van der Waals surface area contributed by atoms with Crippen molar-refractivity contribution in [1.29, 1.82) is 0 Å². The summed E-state index contributed by atoms with van der Waals surface area (Å²) >= 11 is 0. The molecule has 0 aliphatic heterocycles. The fraction of sp³-hybridized carbons (Fsp3) is 0.881. The summed E-state index contributed by atoms with van der Waals surface area (Å²) < 4.78 is 0. The summed E-state index contributed by atoms with van der Waals surface area (Å²) in [5.74, 6) is -0.324. The lowest BCUT2D eigenvalue weighted by Crippen LogP contribution is -2.45. The smallest absolute Gasteiger partial charge is 0.222 e. The van der Waals surface area contributed by atoms with Crippen LogP contribution in [0, 0.1) is 0 Å². The van der Waals surface area contributed by atoms with Crippen molar-refractivity contribution in [2.45, 2.75) is 231 Å². The van der Waals surface area contributed by atoms with Gasteiger partial charge in [-0.15, -0.1) is 0 Å². The first-order valence-electron chi connectivity index (χ1n) is 20.6. The number of aliphatic hydroxyl groups excluding tert-OH is 3. The van der Waals surface area contributed by atoms with Gasteiger partial charge in [0.2, 0.25) is 5.91 Å². The lowest BCUT2D eigenvalue weighted by molar-refractivity contribution is -0.124. The number of hydrogen-bond donors (Lipinski definition) is 4. The highest BCUT2D eigenvalue weighted by Crippen LogP contribution is 2.16. The number of carbonyl (C=O) groups is 1. The fourth-order valence-electron chi connectivity index (χ4n) is 6.30. The van der Waals surface area contributed by atoms with Crippen LogP contribution >= 0.6 is 0 Å². The van der Waals surface area contributed by atoms with Gasteiger partial charge < -0.3 is 20.6 Å². The van der Waals surface area contributed by atoms with Crippen LogP contribution in [0.5, 0.6) is 0 Å². The van der Waals surface area contributed by atoms with Crippen molar-refractivity contribution in [2.24, 2.45) is 0 Å². The van der Waals surface area contributed by atoms with E-state index >= 15 is 0 Å². The van der Waals surface area contributed by atoms with Gasteiger partial charge in [0.05, 0.1) is 31.3 Å². The molecular formula is C42H81NO4. The molecule has 5 heteroatoms. The normalized spacial score (nSPS) is 13.9. The Labute approximate surface area is 292 Å². The Morgan fingerprint density at radius 3 is 1.36 bits per heavy atom. The molecule has 0 saturated heterocycles. The number of aliphatic hydroxyl groups is 3. The second-order valence-electron chi connectivity index (χ2n) is 14.2. The fourth-order valence-corrected chi connectivity index (χ4v) is 6.30. The topological polar surface area (TPSA) is 89.8 Å². The molecule has 0 aromatic rings. The Morgan fingerprint density at radius 1 is 0.532 bits per heavy atom. The van der Waals surface area contributed by atoms with Crippen LogP contribution in [-0.2, 0) is 4.79 Å². The molecule has 1 amide bonds. The molecule has 0 bridgehead atoms. The molecule has 47 heavy (non-hydrogen) atoms. The van der Waals surface area contributed by atoms with E-state index in [2.05, 4.69) is 31.3 Å². The maximum Gasteiger partial charge on any atom is 0.222 e. The summed E-state index contributed by atoms with van der Waals surface area (Å²) in [7, 11) is 0. The van der Waals surface area contributed by atoms with E-state index < -0.39 is 18.2 Å². The van der Waals surface area contributed by atoms with Crippen LogP contribution in [0.2, 0.25) is 0 Å². The minimum Gasteiger partial charge on any atom is -0.394 e. The largest absolute Gasteiger partial charge is 0.394 e. The molecule has 0 saturated carbocycles. The van der Waals surface area contributed by atoms with Crippen LogP contribution < -0.4 is 5.32 Å². The average molecular weight is 664 g/mol. The molecule has 3 atom stereocenters. The summed E-state index contributed by atoms with van der Waals surface area (Å²) in [6, 6.07) is -0.756. The molecule has 3 unspecified atom stereocenters. The zero-order chi connectivity index (χ0) is 34.5. The van der Waals surface area contributed by atoms with Gasteiger partial charge in [0, 0.05) is 0 Å². The van der Waals surface area contributed by atoms with Gasteiger partial charge >= 0.3 is 0 Å². The molecule has 4 N–H and O–H groups in total. The molecule has 0 aromatic heterocycles. The molecule has 0 aliphatic rings. The first-order chi connectivity index (χ1) is 23.0. The third-order valence-corrected chi connectivity index (χ3v) is 9.49. The van der Waals surface area contributed by atoms with Gasteiger partial charge in [-0.2, -0.15) is 0 Å². The predicted molar refractivity (Wildman–Crippen MR) is 204 cm³/mol. The van der Waals surface area contributed by atoms with E-state index in [9.17, 15) is 20.1 Å². The molecular weight excluding hydrogens is 582 g/mol. The minimum atomic E-state index is -0.947. The third-order valence-electron chi connectivity index (χ3n) is 9.49. The summed E-state index contributed by atoms with van der Waals surface area (Å²) in [6.45, 7) is 4.18. The van der Waals surface area contributed by atoms with E-state index in [-0.39, 0.29) is 18.9 Å². The first-order valence-corrected chi connectivity index (χ1v) is 20.6. The monoisotopic (exact) mass is 664 g/mol. The Hall–Kier alpha value is -1.17. The van der Waals surface area contributed by atoms with Gasteiger partial charge in [0.25, 0.3) is 0 Å². The van der Waals surface area contributed by atoms with E-state index in [0.717, 1.165) is 32.1 Å². The quantitative estimate of drug-likeness (QED) is 0.0393. The number of nitrogens with one attached hydrogen (secondary N) is 1. The van der Waals surface area contributed by atoms with Gasteiger partial charge in [-0.05, 0) is 32.1 Å². The van der Waals surface area contributed by atoms with Crippen molar-refractivity contribution in [3.05, 3.63) is 24.3 Å². The maximum absolute atomic E-state index is 12.4. The van der Waals surface area contributed by atoms with E-state index in [1.807, 2.05) is 6.08 Å². The number of hydrogen-bond acceptors (Lipinski definition) is 4. The number of unbranched alkanes of at least 4 members (excludes halogenated alkanes) is 26. The average Bonchev–Trinajstić information content (AvgIpc) is 3.06. The van der Waals surface area contributed by atoms with E-state index in [4.69, 9.17) is 0 Å². The van der Waals surface area contributed by atoms with Crippen LogP contribution in [0.1, 0.15) is 213 Å². The second-order valence-corrected chi connectivity index (χ2v) is 14.2. The Balaban J connectivity index is 3.65. The third kappa shape index (κ3) is 34.5. The molecule has 0 aliphatic carbocycles. The highest BCUT2D eigenvalue weighted by Gasteiger charge is 2.20. The predicted octanol–water partition coefficient (Wildman–Crippen LogP) is 11.4. The first kappa shape index (κ1) is 45.8. The maximum atomic E-state index is 12.4. The molecule has 0 heterocycles. The summed E-state index contributed by atoms with van der Waals surface area (Å²) in [4.78, 5) is 12.4. The summed E-state index contributed by atoms with van der Waals surface area (Å²) in [5.41, 5.74) is 0. The molecule has 278 valence electrons. The standard InChI is InChI=1S/C42H81NO4/c1-3-5-7-9-11-13-15-17-18-19-20-21-22-23-24-25-27-29-31-33-35-39(45)37-42(47)43-40(38-44)41(46)36-34-32-30-28-26-16-14-12-10-8-6-4-2/h26,28,34,36,39-41,44-46H,3-25,27,29-33,35,37-38H2,1-2H3,(H,43,47)/b28-26+,36-34+. The number of amides is 1. The van der Waals surface area contributed by atoms with Crippen molar-refractivity contribution in [3.63, 3.8) is 0 Å². The minimum absolute atomic E-state index is 0.00938. The Bertz CT molecular complexity index is 694. The lowest BCUT2D eigenvalue weighted by atomic mass is 10.0. The highest BCUT2D eigenvalue weighted by atomic mass is 16.3. The van der Waals surface area contributed by atoms with Crippen molar-refractivity contribution < 1.29 is 20.1 Å². The van der Waals surface area contributed by atoms with Crippen molar-refractivity contribution >= 4 is 5.91 Å². The zero-order valence-electron chi connectivity index (χ0n) is 31.4. The van der Waals surface area contributed by atoms with E-state index in [1.54, 1.807) is 6.08 Å². The molecule has 0 spiro atoms. The van der Waals surface area contributed by atoms with E-state index in [0.29, 0.717) is 6.42 Å². The van der Waals surface area contributed by atoms with Gasteiger partial charge in [-0.1, -0.05) is 199 Å². The summed E-state index contributed by atoms with van der Waals surface area (Å²) in [5, 5.41) is 33.1. The van der Waals surface area contributed by atoms with Crippen LogP contribution in [0.4, 0.5) is 0 Å². The number of rotatable bonds is 37. The van der Waals surface area contributed by atoms with Gasteiger partial charge in [-0.25, -0.2) is 0 Å². The van der Waals surface area contributed by atoms with Gasteiger partial charge in [0.1, 0.15) is 0 Å². The van der Waals surface area contributed by atoms with E-state index in [1.165, 1.54) is 154 Å². The van der Waals surface area contributed by atoms with Crippen LogP contribution in [-0.4, -0.2) is 46.1 Å². The Kier molecular flexibility index (Phi) is 36.7. The zero-order valence-corrected chi connectivity index (χ0v) is 31.4. The van der Waals surface area contributed by atoms with Crippen molar-refractivity contribution in [3.8, 4) is 0 Å². The summed E-state index contributed by atoms with van der Waals surface area (Å²) in [6.07, 6.45) is 44.6. The second kappa shape index (κ2) is 37.6. The van der Waals surface area contributed by atoms with Gasteiger partial charge in [0.15, 0.2) is 0 Å².